The molecule has 6 heteroatoms. The molecule has 5 nitrogen and oxygen atoms in total. The Bertz CT molecular complexity index is 769. The Hall–Kier alpha value is -2.21. The summed E-state index contributed by atoms with van der Waals surface area (Å²) in [5.41, 5.74) is 2.22. The molecule has 0 spiro atoms. The van der Waals surface area contributed by atoms with E-state index in [0.29, 0.717) is 6.54 Å². The molecule has 2 amide bonds. The number of amides is 2. The third-order valence-electron chi connectivity index (χ3n) is 4.93. The molecule has 0 unspecified atom stereocenters. The Labute approximate surface area is 158 Å². The zero-order valence-corrected chi connectivity index (χ0v) is 16.1. The average molecular weight is 372 g/mol. The molecule has 1 aliphatic carbocycles. The van der Waals surface area contributed by atoms with Crippen LogP contribution in [-0.4, -0.2) is 34.8 Å². The molecule has 1 N–H and O–H groups in total. The summed E-state index contributed by atoms with van der Waals surface area (Å²) in [6.45, 7) is 5.96. The van der Waals surface area contributed by atoms with E-state index in [-0.39, 0.29) is 17.7 Å². The van der Waals surface area contributed by atoms with Gasteiger partial charge in [0.1, 0.15) is 0 Å². The van der Waals surface area contributed by atoms with Crippen molar-refractivity contribution in [1.82, 2.24) is 15.2 Å². The standard InChI is InChI=1S/C20H25N3O2S/c1-3-23(4-2)20(25)18-12-16-11-15(5-6-17(16)26-18)19(24)22-13-14-7-9-21-10-8-14/h7-10,12,15H,3-6,11,13H2,1-2H3,(H,22,24)/t15-/m0/s1. The molecule has 26 heavy (non-hydrogen) atoms. The highest BCUT2D eigenvalue weighted by Crippen LogP contribution is 2.33. The highest BCUT2D eigenvalue weighted by molar-refractivity contribution is 7.14. The summed E-state index contributed by atoms with van der Waals surface area (Å²) >= 11 is 1.60. The lowest BCUT2D eigenvalue weighted by atomic mass is 9.87. The van der Waals surface area contributed by atoms with Gasteiger partial charge in [0.25, 0.3) is 5.91 Å². The van der Waals surface area contributed by atoms with Gasteiger partial charge in [-0.2, -0.15) is 0 Å². The molecular formula is C20H25N3O2S. The van der Waals surface area contributed by atoms with Crippen molar-refractivity contribution in [1.29, 1.82) is 0 Å². The molecule has 0 bridgehead atoms. The van der Waals surface area contributed by atoms with Crippen LogP contribution in [0.4, 0.5) is 0 Å². The minimum atomic E-state index is -0.0182. The van der Waals surface area contributed by atoms with Crippen molar-refractivity contribution in [2.24, 2.45) is 5.92 Å². The number of carbonyl (C=O) groups is 2. The van der Waals surface area contributed by atoms with Gasteiger partial charge in [-0.3, -0.25) is 14.6 Å². The fraction of sp³-hybridized carbons (Fsp3) is 0.450. The van der Waals surface area contributed by atoms with Crippen molar-refractivity contribution in [3.05, 3.63) is 51.5 Å². The van der Waals surface area contributed by atoms with Gasteiger partial charge in [0.05, 0.1) is 4.88 Å². The van der Waals surface area contributed by atoms with Crippen LogP contribution >= 0.6 is 11.3 Å². The van der Waals surface area contributed by atoms with Crippen LogP contribution in [0.5, 0.6) is 0 Å². The van der Waals surface area contributed by atoms with Crippen molar-refractivity contribution < 1.29 is 9.59 Å². The molecule has 0 fully saturated rings. The molecular weight excluding hydrogens is 346 g/mol. The predicted octanol–water partition coefficient (Wildman–Crippen LogP) is 3.05. The summed E-state index contributed by atoms with van der Waals surface area (Å²) in [6.07, 6.45) is 5.90. The summed E-state index contributed by atoms with van der Waals surface area (Å²) in [4.78, 5) is 33.0. The first-order valence-electron chi connectivity index (χ1n) is 9.19. The van der Waals surface area contributed by atoms with Crippen LogP contribution in [0.25, 0.3) is 0 Å². The largest absolute Gasteiger partial charge is 0.352 e. The van der Waals surface area contributed by atoms with Gasteiger partial charge in [0, 0.05) is 42.8 Å². The van der Waals surface area contributed by atoms with Gasteiger partial charge in [0.2, 0.25) is 5.91 Å². The first-order valence-corrected chi connectivity index (χ1v) is 10.0. The SMILES string of the molecule is CCN(CC)C(=O)c1cc2c(s1)CC[C@H](C(=O)NCc1ccncc1)C2. The van der Waals surface area contributed by atoms with Crippen molar-refractivity contribution >= 4 is 23.2 Å². The van der Waals surface area contributed by atoms with E-state index in [2.05, 4.69) is 10.3 Å². The van der Waals surface area contributed by atoms with Gasteiger partial charge in [-0.05, 0) is 62.4 Å². The number of rotatable bonds is 6. The molecule has 0 saturated carbocycles. The highest BCUT2D eigenvalue weighted by atomic mass is 32.1. The predicted molar refractivity (Wildman–Crippen MR) is 103 cm³/mol. The van der Waals surface area contributed by atoms with Gasteiger partial charge in [0.15, 0.2) is 0 Å². The van der Waals surface area contributed by atoms with Crippen LogP contribution in [-0.2, 0) is 24.2 Å². The van der Waals surface area contributed by atoms with E-state index >= 15 is 0 Å². The van der Waals surface area contributed by atoms with Crippen LogP contribution in [0.3, 0.4) is 0 Å². The van der Waals surface area contributed by atoms with Crippen molar-refractivity contribution in [2.45, 2.75) is 39.7 Å². The Balaban J connectivity index is 1.62. The molecule has 0 saturated heterocycles. The number of pyridine rings is 1. The number of nitrogens with one attached hydrogen (secondary N) is 1. The lowest BCUT2D eigenvalue weighted by Crippen LogP contribution is -2.33. The lowest BCUT2D eigenvalue weighted by molar-refractivity contribution is -0.125. The fourth-order valence-electron chi connectivity index (χ4n) is 3.35. The van der Waals surface area contributed by atoms with Crippen molar-refractivity contribution in [3.63, 3.8) is 0 Å². The Morgan fingerprint density at radius 2 is 2.00 bits per heavy atom. The Morgan fingerprint density at radius 3 is 2.69 bits per heavy atom. The maximum absolute atomic E-state index is 12.6. The minimum absolute atomic E-state index is 0.0182. The second-order valence-electron chi connectivity index (χ2n) is 6.55. The molecule has 0 radical (unpaired) electrons. The van der Waals surface area contributed by atoms with Crippen LogP contribution in [0, 0.1) is 5.92 Å². The topological polar surface area (TPSA) is 62.3 Å². The maximum Gasteiger partial charge on any atom is 0.263 e. The summed E-state index contributed by atoms with van der Waals surface area (Å²) in [5.74, 6) is 0.179. The van der Waals surface area contributed by atoms with E-state index in [1.54, 1.807) is 23.7 Å². The third kappa shape index (κ3) is 4.12. The van der Waals surface area contributed by atoms with E-state index in [1.807, 2.05) is 36.9 Å². The monoisotopic (exact) mass is 371 g/mol. The first kappa shape index (κ1) is 18.6. The van der Waals surface area contributed by atoms with Gasteiger partial charge < -0.3 is 10.2 Å². The first-order chi connectivity index (χ1) is 12.6. The molecule has 1 aliphatic rings. The van der Waals surface area contributed by atoms with Crippen LogP contribution in [0.1, 0.15) is 45.9 Å². The van der Waals surface area contributed by atoms with Crippen molar-refractivity contribution in [2.75, 3.05) is 13.1 Å². The number of hydrogen-bond donors (Lipinski definition) is 1. The number of thiophene rings is 1. The molecule has 1 atom stereocenters. The van der Waals surface area contributed by atoms with Crippen molar-refractivity contribution in [3.8, 4) is 0 Å². The zero-order chi connectivity index (χ0) is 18.5. The van der Waals surface area contributed by atoms with Gasteiger partial charge >= 0.3 is 0 Å². The number of carbonyl (C=O) groups excluding carboxylic acids is 2. The summed E-state index contributed by atoms with van der Waals surface area (Å²) < 4.78 is 0. The smallest absolute Gasteiger partial charge is 0.263 e. The Morgan fingerprint density at radius 1 is 1.27 bits per heavy atom. The normalized spacial score (nSPS) is 16.0. The van der Waals surface area contributed by atoms with Crippen LogP contribution in [0.15, 0.2) is 30.6 Å². The summed E-state index contributed by atoms with van der Waals surface area (Å²) in [6, 6.07) is 5.81. The van der Waals surface area contributed by atoms with Crippen LogP contribution in [0.2, 0.25) is 0 Å². The summed E-state index contributed by atoms with van der Waals surface area (Å²) in [7, 11) is 0. The quantitative estimate of drug-likeness (QED) is 0.849. The second-order valence-corrected chi connectivity index (χ2v) is 7.69. The molecule has 2 heterocycles. The van der Waals surface area contributed by atoms with E-state index in [0.717, 1.165) is 42.8 Å². The Kier molecular flexibility index (Phi) is 6.04. The number of aromatic nitrogens is 1. The maximum atomic E-state index is 12.6. The molecule has 0 aromatic carbocycles. The third-order valence-corrected chi connectivity index (χ3v) is 6.16. The highest BCUT2D eigenvalue weighted by Gasteiger charge is 2.28. The van der Waals surface area contributed by atoms with E-state index in [1.165, 1.54) is 10.4 Å². The number of aryl methyl sites for hydroxylation is 1. The molecule has 2 aromatic rings. The second kappa shape index (κ2) is 8.45. The van der Waals surface area contributed by atoms with Crippen LogP contribution < -0.4 is 5.32 Å². The van der Waals surface area contributed by atoms with E-state index < -0.39 is 0 Å². The van der Waals surface area contributed by atoms with Gasteiger partial charge in [-0.1, -0.05) is 0 Å². The average Bonchev–Trinajstić information content (AvgIpc) is 3.11. The molecule has 3 rings (SSSR count). The van der Waals surface area contributed by atoms with E-state index in [4.69, 9.17) is 0 Å². The van der Waals surface area contributed by atoms with Gasteiger partial charge in [-0.15, -0.1) is 11.3 Å². The molecule has 0 aliphatic heterocycles. The van der Waals surface area contributed by atoms with E-state index in [9.17, 15) is 9.59 Å². The fourth-order valence-corrected chi connectivity index (χ4v) is 4.53. The number of hydrogen-bond acceptors (Lipinski definition) is 4. The number of fused-ring (bicyclic) bond motifs is 1. The zero-order valence-electron chi connectivity index (χ0n) is 15.3. The number of nitrogens with zero attached hydrogens (tertiary/aromatic N) is 2. The lowest BCUT2D eigenvalue weighted by Gasteiger charge is -2.21. The molecule has 138 valence electrons. The molecule has 2 aromatic heterocycles. The summed E-state index contributed by atoms with van der Waals surface area (Å²) in [5, 5.41) is 3.03. The minimum Gasteiger partial charge on any atom is -0.352 e. The van der Waals surface area contributed by atoms with Gasteiger partial charge in [-0.25, -0.2) is 0 Å².